The molecule has 3 aromatic rings. The Kier molecular flexibility index (Phi) is 7.81. The Hall–Kier alpha value is -3.26. The highest BCUT2D eigenvalue weighted by atomic mass is 79.9. The molecule has 0 aromatic heterocycles. The van der Waals surface area contributed by atoms with Crippen LogP contribution >= 0.6 is 15.9 Å². The third kappa shape index (κ3) is 5.96. The quantitative estimate of drug-likeness (QED) is 0.346. The summed E-state index contributed by atoms with van der Waals surface area (Å²) < 4.78 is 54.9. The van der Waals surface area contributed by atoms with Crippen molar-refractivity contribution in [3.63, 3.8) is 0 Å². The molecule has 8 heteroatoms. The Morgan fingerprint density at radius 1 is 1.00 bits per heavy atom. The van der Waals surface area contributed by atoms with Crippen molar-refractivity contribution in [1.82, 2.24) is 0 Å². The molecule has 0 aliphatic rings. The fourth-order valence-corrected chi connectivity index (χ4v) is 3.39. The van der Waals surface area contributed by atoms with Crippen molar-refractivity contribution in [1.29, 1.82) is 0 Å². The highest BCUT2D eigenvalue weighted by molar-refractivity contribution is 9.10. The van der Waals surface area contributed by atoms with Crippen LogP contribution in [-0.2, 0) is 4.79 Å². The zero-order chi connectivity index (χ0) is 24.1. The summed E-state index contributed by atoms with van der Waals surface area (Å²) in [6.45, 7) is 2.43. The van der Waals surface area contributed by atoms with E-state index in [1.807, 2.05) is 0 Å². The van der Waals surface area contributed by atoms with Gasteiger partial charge in [0.25, 0.3) is 0 Å². The van der Waals surface area contributed by atoms with Crippen LogP contribution in [0.5, 0.6) is 11.5 Å². The predicted molar refractivity (Wildman–Crippen MR) is 122 cm³/mol. The van der Waals surface area contributed by atoms with E-state index in [1.165, 1.54) is 6.92 Å². The summed E-state index contributed by atoms with van der Waals surface area (Å²) in [5.74, 6) is -3.44. The molecule has 0 atom stereocenters. The second kappa shape index (κ2) is 10.6. The number of halogens is 4. The van der Waals surface area contributed by atoms with Gasteiger partial charge in [0.1, 0.15) is 23.9 Å². The average Bonchev–Trinajstić information content (AvgIpc) is 2.78. The minimum atomic E-state index is -1.23. The van der Waals surface area contributed by atoms with Crippen LogP contribution in [0, 0.1) is 31.3 Å². The van der Waals surface area contributed by atoms with E-state index < -0.39 is 30.0 Å². The van der Waals surface area contributed by atoms with Crippen LogP contribution in [0.3, 0.4) is 0 Å². The minimum absolute atomic E-state index is 0.0171. The Labute approximate surface area is 197 Å². The Bertz CT molecular complexity index is 1210. The highest BCUT2D eigenvalue weighted by Gasteiger charge is 2.19. The molecule has 33 heavy (non-hydrogen) atoms. The molecule has 0 radical (unpaired) electrons. The van der Waals surface area contributed by atoms with Crippen molar-refractivity contribution in [2.24, 2.45) is 0 Å². The first kappa shape index (κ1) is 24.4. The summed E-state index contributed by atoms with van der Waals surface area (Å²) in [6, 6.07) is 12.7. The third-order valence-corrected chi connectivity index (χ3v) is 5.40. The average molecular weight is 521 g/mol. The van der Waals surface area contributed by atoms with E-state index >= 15 is 0 Å². The van der Waals surface area contributed by atoms with E-state index in [0.717, 1.165) is 10.5 Å². The molecule has 172 valence electrons. The van der Waals surface area contributed by atoms with Gasteiger partial charge >= 0.3 is 5.97 Å². The first-order valence-electron chi connectivity index (χ1n) is 9.86. The van der Waals surface area contributed by atoms with E-state index in [9.17, 15) is 18.0 Å². The zero-order valence-electron chi connectivity index (χ0n) is 17.8. The fourth-order valence-electron chi connectivity index (χ4n) is 3.13. The molecule has 0 saturated heterocycles. The molecule has 3 rings (SSSR count). The highest BCUT2D eigenvalue weighted by Crippen LogP contribution is 2.31. The smallest absolute Gasteiger partial charge is 0.341 e. The maximum Gasteiger partial charge on any atom is 0.341 e. The largest absolute Gasteiger partial charge is 0.489 e. The summed E-state index contributed by atoms with van der Waals surface area (Å²) in [5.41, 5.74) is 0.894. The first-order chi connectivity index (χ1) is 15.7. The lowest BCUT2D eigenvalue weighted by Crippen LogP contribution is -2.10. The molecule has 1 N–H and O–H groups in total. The lowest BCUT2D eigenvalue weighted by Gasteiger charge is -2.14. The van der Waals surface area contributed by atoms with Crippen LogP contribution in [0.15, 0.2) is 59.1 Å². The summed E-state index contributed by atoms with van der Waals surface area (Å²) in [4.78, 5) is 10.7. The number of aryl methyl sites for hydroxylation is 1. The van der Waals surface area contributed by atoms with Crippen molar-refractivity contribution in [2.75, 3.05) is 13.2 Å². The fraction of sp³-hybridized carbons (Fsp3) is 0.160. The Morgan fingerprint density at radius 3 is 2.33 bits per heavy atom. The van der Waals surface area contributed by atoms with Gasteiger partial charge in [-0.15, -0.1) is 0 Å². The number of carboxylic acids is 1. The lowest BCUT2D eigenvalue weighted by atomic mass is 9.95. The zero-order valence-corrected chi connectivity index (χ0v) is 19.4. The number of carboxylic acid groups (broad SMARTS) is 1. The summed E-state index contributed by atoms with van der Waals surface area (Å²) in [6.07, 6.45) is 1.54. The first-order valence-corrected chi connectivity index (χ1v) is 10.6. The van der Waals surface area contributed by atoms with Gasteiger partial charge in [-0.3, -0.25) is 0 Å². The molecule has 4 nitrogen and oxygen atoms in total. The number of ether oxygens (including phenoxy) is 2. The van der Waals surface area contributed by atoms with Gasteiger partial charge < -0.3 is 14.6 Å². The maximum absolute atomic E-state index is 14.7. The number of rotatable bonds is 8. The SMILES string of the molecule is Cc1cc(OCC=C(c2ccc(Br)cc2)c2cc(F)c(C)c(F)c2F)ccc1OCC(=O)O. The molecular weight excluding hydrogens is 501 g/mol. The van der Waals surface area contributed by atoms with Crippen LogP contribution in [0.4, 0.5) is 13.2 Å². The predicted octanol–water partition coefficient (Wildman–Crippen LogP) is 6.46. The van der Waals surface area contributed by atoms with E-state index in [-0.39, 0.29) is 23.3 Å². The van der Waals surface area contributed by atoms with E-state index in [4.69, 9.17) is 14.6 Å². The van der Waals surface area contributed by atoms with E-state index in [0.29, 0.717) is 22.6 Å². The molecule has 0 aliphatic heterocycles. The number of benzene rings is 3. The molecule has 0 unspecified atom stereocenters. The van der Waals surface area contributed by atoms with Crippen LogP contribution in [-0.4, -0.2) is 24.3 Å². The third-order valence-electron chi connectivity index (χ3n) is 4.87. The van der Waals surface area contributed by atoms with Crippen LogP contribution in [0.25, 0.3) is 5.57 Å². The standard InChI is InChI=1S/C25H20BrF3O4/c1-14-11-18(7-8-22(14)33-13-23(30)31)32-10-9-19(16-3-5-17(26)6-4-16)20-12-21(27)15(2)24(28)25(20)29/h3-9,11-12H,10,13H2,1-2H3,(H,30,31). The normalized spacial score (nSPS) is 11.4. The van der Waals surface area contributed by atoms with Gasteiger partial charge in [0.2, 0.25) is 0 Å². The Balaban J connectivity index is 1.90. The number of hydrogen-bond acceptors (Lipinski definition) is 3. The lowest BCUT2D eigenvalue weighted by molar-refractivity contribution is -0.139. The molecule has 0 bridgehead atoms. The van der Waals surface area contributed by atoms with Crippen molar-refractivity contribution in [3.05, 3.63) is 98.8 Å². The minimum Gasteiger partial charge on any atom is -0.489 e. The van der Waals surface area contributed by atoms with E-state index in [2.05, 4.69) is 15.9 Å². The second-order valence-corrected chi connectivity index (χ2v) is 8.12. The van der Waals surface area contributed by atoms with E-state index in [1.54, 1.807) is 55.5 Å². The van der Waals surface area contributed by atoms with Gasteiger partial charge in [0, 0.05) is 15.6 Å². The molecule has 0 aliphatic carbocycles. The molecule has 0 heterocycles. The van der Waals surface area contributed by atoms with Gasteiger partial charge in [-0.25, -0.2) is 18.0 Å². The number of carbonyl (C=O) groups is 1. The monoisotopic (exact) mass is 520 g/mol. The van der Waals surface area contributed by atoms with Crippen LogP contribution < -0.4 is 9.47 Å². The molecule has 0 spiro atoms. The van der Waals surface area contributed by atoms with Gasteiger partial charge in [0.15, 0.2) is 18.2 Å². The van der Waals surface area contributed by atoms with Gasteiger partial charge in [-0.2, -0.15) is 0 Å². The summed E-state index contributed by atoms with van der Waals surface area (Å²) in [7, 11) is 0. The molecular formula is C25H20BrF3O4. The number of aliphatic carboxylic acids is 1. The molecule has 3 aromatic carbocycles. The van der Waals surface area contributed by atoms with Gasteiger partial charge in [-0.05, 0) is 73.0 Å². The van der Waals surface area contributed by atoms with Crippen LogP contribution in [0.1, 0.15) is 22.3 Å². The summed E-state index contributed by atoms with van der Waals surface area (Å²) in [5, 5.41) is 8.73. The van der Waals surface area contributed by atoms with Gasteiger partial charge in [0.05, 0.1) is 0 Å². The molecule has 0 fully saturated rings. The van der Waals surface area contributed by atoms with Crippen molar-refractivity contribution in [3.8, 4) is 11.5 Å². The topological polar surface area (TPSA) is 55.8 Å². The van der Waals surface area contributed by atoms with Gasteiger partial charge in [-0.1, -0.05) is 28.1 Å². The Morgan fingerprint density at radius 2 is 1.70 bits per heavy atom. The van der Waals surface area contributed by atoms with Crippen LogP contribution in [0.2, 0.25) is 0 Å². The number of hydrogen-bond donors (Lipinski definition) is 1. The molecule has 0 amide bonds. The maximum atomic E-state index is 14.7. The van der Waals surface area contributed by atoms with Crippen molar-refractivity contribution >= 4 is 27.5 Å². The molecule has 0 saturated carbocycles. The van der Waals surface area contributed by atoms with Crippen molar-refractivity contribution < 1.29 is 32.5 Å². The summed E-state index contributed by atoms with van der Waals surface area (Å²) >= 11 is 3.33. The van der Waals surface area contributed by atoms with Crippen molar-refractivity contribution in [2.45, 2.75) is 13.8 Å². The second-order valence-electron chi connectivity index (χ2n) is 7.20.